The van der Waals surface area contributed by atoms with Gasteiger partial charge in [-0.2, -0.15) is 5.26 Å². The number of nitrogens with one attached hydrogen (secondary N) is 1. The van der Waals surface area contributed by atoms with Gasteiger partial charge in [0.2, 0.25) is 0 Å². The van der Waals surface area contributed by atoms with E-state index in [1.54, 1.807) is 34.9 Å². The Morgan fingerprint density at radius 1 is 1.02 bits per heavy atom. The number of carbonyl (C=O) groups excluding carboxylic acids is 1. The summed E-state index contributed by atoms with van der Waals surface area (Å²) < 4.78 is 8.95. The van der Waals surface area contributed by atoms with Gasteiger partial charge < -0.3 is 20.7 Å². The number of hydrogen-bond acceptors (Lipinski definition) is 9. The molecule has 12 heteroatoms. The Morgan fingerprint density at radius 2 is 1.68 bits per heavy atom. The van der Waals surface area contributed by atoms with E-state index in [1.807, 2.05) is 58.0 Å². The van der Waals surface area contributed by atoms with Crippen molar-refractivity contribution in [1.82, 2.24) is 34.2 Å². The molecule has 1 aliphatic rings. The molecule has 0 saturated carbocycles. The van der Waals surface area contributed by atoms with Crippen LogP contribution in [0.4, 0.5) is 5.82 Å². The molecule has 2 aromatic carbocycles. The average molecular weight is 638 g/mol. The first kappa shape index (κ1) is 33.4. The van der Waals surface area contributed by atoms with Crippen molar-refractivity contribution in [3.05, 3.63) is 83.1 Å². The first-order valence-corrected chi connectivity index (χ1v) is 15.9. The lowest BCUT2D eigenvalue weighted by Gasteiger charge is -2.42. The van der Waals surface area contributed by atoms with Gasteiger partial charge in [-0.15, -0.1) is 0 Å². The van der Waals surface area contributed by atoms with Gasteiger partial charge in [-0.05, 0) is 62.9 Å². The maximum Gasteiger partial charge on any atom is 0.335 e. The van der Waals surface area contributed by atoms with Crippen LogP contribution in [-0.2, 0) is 11.3 Å². The lowest BCUT2D eigenvalue weighted by atomic mass is 9.93. The van der Waals surface area contributed by atoms with Crippen LogP contribution in [0.15, 0.2) is 77.4 Å². The van der Waals surface area contributed by atoms with Crippen molar-refractivity contribution in [2.45, 2.75) is 46.7 Å². The minimum atomic E-state index is -0.599. The normalized spacial score (nSPS) is 15.0. The first-order chi connectivity index (χ1) is 22.4. The number of rotatable bonds is 11. The van der Waals surface area contributed by atoms with Gasteiger partial charge in [0.1, 0.15) is 35.0 Å². The van der Waals surface area contributed by atoms with E-state index in [9.17, 15) is 14.9 Å². The van der Waals surface area contributed by atoms with E-state index in [0.717, 1.165) is 32.7 Å². The number of nitrogen functional groups attached to an aromatic ring is 1. The predicted octanol–water partition coefficient (Wildman–Crippen LogP) is 3.97. The molecule has 12 nitrogen and oxygen atoms in total. The number of benzene rings is 2. The number of nitrogens with two attached hydrogens (primary N) is 1. The number of imidazole rings is 1. The quantitative estimate of drug-likeness (QED) is 0.184. The van der Waals surface area contributed by atoms with E-state index in [2.05, 4.69) is 38.1 Å². The molecule has 3 N–H and O–H groups in total. The second kappa shape index (κ2) is 13.8. The van der Waals surface area contributed by atoms with E-state index in [-0.39, 0.29) is 30.2 Å². The number of fused-ring (bicyclic) bond motifs is 1. The van der Waals surface area contributed by atoms with Crippen molar-refractivity contribution in [2.75, 3.05) is 45.0 Å². The Bertz CT molecular complexity index is 1840. The summed E-state index contributed by atoms with van der Waals surface area (Å²) in [7, 11) is 0. The summed E-state index contributed by atoms with van der Waals surface area (Å²) >= 11 is 0. The van der Waals surface area contributed by atoms with E-state index < -0.39 is 16.9 Å². The Labute approximate surface area is 275 Å². The number of likely N-dealkylation sites (N-methyl/N-ethyl adjacent to an activating group) is 1. The average Bonchev–Trinajstić information content (AvgIpc) is 3.34. The molecule has 1 amide bonds. The van der Waals surface area contributed by atoms with Crippen LogP contribution in [0.1, 0.15) is 34.6 Å². The molecule has 0 unspecified atom stereocenters. The summed E-state index contributed by atoms with van der Waals surface area (Å²) in [4.78, 5) is 40.4. The lowest BCUT2D eigenvalue weighted by molar-refractivity contribution is -0.117. The van der Waals surface area contributed by atoms with Crippen molar-refractivity contribution in [1.29, 1.82) is 5.26 Å². The minimum absolute atomic E-state index is 0.0673. The predicted molar refractivity (Wildman–Crippen MR) is 182 cm³/mol. The number of aromatic nitrogens is 4. The molecule has 0 radical (unpaired) electrons. The van der Waals surface area contributed by atoms with Gasteiger partial charge in [-0.25, -0.2) is 14.8 Å². The number of piperazine rings is 1. The van der Waals surface area contributed by atoms with Crippen LogP contribution < -0.4 is 21.5 Å². The van der Waals surface area contributed by atoms with E-state index >= 15 is 0 Å². The Balaban J connectivity index is 1.33. The van der Waals surface area contributed by atoms with Gasteiger partial charge >= 0.3 is 5.69 Å². The van der Waals surface area contributed by atoms with Crippen molar-refractivity contribution in [3.8, 4) is 23.3 Å². The molecule has 0 atom stereocenters. The van der Waals surface area contributed by atoms with Crippen LogP contribution in [-0.4, -0.2) is 79.6 Å². The zero-order chi connectivity index (χ0) is 33.8. The van der Waals surface area contributed by atoms with Crippen molar-refractivity contribution >= 4 is 22.9 Å². The van der Waals surface area contributed by atoms with Gasteiger partial charge in [0.15, 0.2) is 11.5 Å². The summed E-state index contributed by atoms with van der Waals surface area (Å²) in [6, 6.07) is 18.6. The largest absolute Gasteiger partial charge is 0.457 e. The third-order valence-corrected chi connectivity index (χ3v) is 8.62. The summed E-state index contributed by atoms with van der Waals surface area (Å²) in [6.07, 6.45) is 3.09. The van der Waals surface area contributed by atoms with E-state index in [1.165, 1.54) is 10.9 Å². The Kier molecular flexibility index (Phi) is 9.79. The van der Waals surface area contributed by atoms with Gasteiger partial charge in [0, 0.05) is 50.2 Å². The maximum absolute atomic E-state index is 14.0. The van der Waals surface area contributed by atoms with Crippen molar-refractivity contribution < 1.29 is 9.53 Å². The standard InChI is InChI=1S/C35H43N9O3/c1-6-41-16-18-42(19-17-41)35(4,5)20-25(21-36)32(45)38-22-34(2,3)23-43-31-29(30(37)39-24-40-31)44(33(43)46)26-12-14-28(15-13-26)47-27-10-8-7-9-11-27/h7-15,20,24H,6,16-19,22-23H2,1-5H3,(H,38,45)(H2,37,39,40)/b25-20+. The highest BCUT2D eigenvalue weighted by molar-refractivity contribution is 5.97. The molecule has 1 fully saturated rings. The number of hydrogen-bond donors (Lipinski definition) is 2. The topological polar surface area (TPSA) is 147 Å². The molecule has 4 aromatic rings. The first-order valence-electron chi connectivity index (χ1n) is 15.9. The number of amides is 1. The summed E-state index contributed by atoms with van der Waals surface area (Å²) in [5.74, 6) is 1.04. The Morgan fingerprint density at radius 3 is 2.32 bits per heavy atom. The van der Waals surface area contributed by atoms with Crippen molar-refractivity contribution in [2.24, 2.45) is 5.41 Å². The molecule has 0 bridgehead atoms. The highest BCUT2D eigenvalue weighted by atomic mass is 16.5. The summed E-state index contributed by atoms with van der Waals surface area (Å²) in [5.41, 5.74) is 6.31. The summed E-state index contributed by atoms with van der Waals surface area (Å²) in [5, 5.41) is 12.8. The SMILES string of the molecule is CCN1CCN(C(C)(C)/C=C(\C#N)C(=O)NCC(C)(C)Cn2c(=O)n(-c3ccc(Oc4ccccc4)cc3)c3c(N)ncnc32)CC1. The monoisotopic (exact) mass is 637 g/mol. The van der Waals surface area contributed by atoms with Gasteiger partial charge in [-0.3, -0.25) is 18.8 Å². The van der Waals surface area contributed by atoms with Crippen LogP contribution in [0.2, 0.25) is 0 Å². The fraction of sp³-hybridized carbons (Fsp3) is 0.400. The van der Waals surface area contributed by atoms with Gasteiger partial charge in [0.05, 0.1) is 5.69 Å². The smallest absolute Gasteiger partial charge is 0.335 e. The zero-order valence-corrected chi connectivity index (χ0v) is 27.7. The van der Waals surface area contributed by atoms with Gasteiger partial charge in [0.25, 0.3) is 5.91 Å². The minimum Gasteiger partial charge on any atom is -0.457 e. The number of para-hydroxylation sites is 1. The molecule has 5 rings (SSSR count). The third-order valence-electron chi connectivity index (χ3n) is 8.62. The number of ether oxygens (including phenoxy) is 1. The van der Waals surface area contributed by atoms with E-state index in [4.69, 9.17) is 10.5 Å². The Hall–Kier alpha value is -4.99. The highest BCUT2D eigenvalue weighted by Crippen LogP contribution is 2.27. The molecule has 3 heterocycles. The summed E-state index contributed by atoms with van der Waals surface area (Å²) in [6.45, 7) is 15.2. The molecule has 0 spiro atoms. The van der Waals surface area contributed by atoms with Crippen LogP contribution in [0.3, 0.4) is 0 Å². The van der Waals surface area contributed by atoms with Crippen molar-refractivity contribution in [3.63, 3.8) is 0 Å². The zero-order valence-electron chi connectivity index (χ0n) is 27.7. The lowest BCUT2D eigenvalue weighted by Crippen LogP contribution is -2.54. The second-order valence-electron chi connectivity index (χ2n) is 13.1. The molecule has 1 aliphatic heterocycles. The fourth-order valence-corrected chi connectivity index (χ4v) is 5.90. The van der Waals surface area contributed by atoms with E-state index in [0.29, 0.717) is 28.4 Å². The fourth-order valence-electron chi connectivity index (χ4n) is 5.90. The van der Waals surface area contributed by atoms with Crippen LogP contribution in [0, 0.1) is 16.7 Å². The molecule has 47 heavy (non-hydrogen) atoms. The number of anilines is 1. The number of nitrogens with zero attached hydrogens (tertiary/aromatic N) is 7. The van der Waals surface area contributed by atoms with Gasteiger partial charge in [-0.1, -0.05) is 39.0 Å². The molecular formula is C35H43N9O3. The van der Waals surface area contributed by atoms with Crippen LogP contribution in [0.25, 0.3) is 16.9 Å². The molecule has 1 saturated heterocycles. The second-order valence-corrected chi connectivity index (χ2v) is 13.1. The molecule has 2 aromatic heterocycles. The molecule has 0 aliphatic carbocycles. The molecule has 246 valence electrons. The third kappa shape index (κ3) is 7.53. The highest BCUT2D eigenvalue weighted by Gasteiger charge is 2.30. The maximum atomic E-state index is 14.0. The number of carbonyl (C=O) groups is 1. The van der Waals surface area contributed by atoms with Crippen LogP contribution in [0.5, 0.6) is 11.5 Å². The van der Waals surface area contributed by atoms with Crippen LogP contribution >= 0.6 is 0 Å². The molecular weight excluding hydrogens is 594 g/mol. The number of nitriles is 1.